The summed E-state index contributed by atoms with van der Waals surface area (Å²) in [4.78, 5) is 27.6. The van der Waals surface area contributed by atoms with Gasteiger partial charge >= 0.3 is 5.97 Å². The zero-order valence-electron chi connectivity index (χ0n) is 14.5. The number of carbonyl (C=O) groups is 2. The molecule has 1 unspecified atom stereocenters. The smallest absolute Gasteiger partial charge is 0.349 e. The van der Waals surface area contributed by atoms with Crippen LogP contribution in [-0.4, -0.2) is 29.2 Å². The zero-order valence-corrected chi connectivity index (χ0v) is 16.9. The summed E-state index contributed by atoms with van der Waals surface area (Å²) < 4.78 is 5.25. The van der Waals surface area contributed by atoms with Crippen LogP contribution >= 0.6 is 34.0 Å². The van der Waals surface area contributed by atoms with Crippen LogP contribution in [0.25, 0.3) is 0 Å². The monoisotopic (exact) mass is 416 g/mol. The minimum Gasteiger partial charge on any atom is -0.451 e. The van der Waals surface area contributed by atoms with E-state index in [0.29, 0.717) is 11.3 Å². The molecule has 0 N–H and O–H groups in total. The number of hydrazone groups is 1. The Morgan fingerprint density at radius 2 is 1.96 bits per heavy atom. The maximum absolute atomic E-state index is 12.8. The fourth-order valence-electron chi connectivity index (χ4n) is 2.88. The summed E-state index contributed by atoms with van der Waals surface area (Å²) in [5, 5.41) is 11.8. The van der Waals surface area contributed by atoms with Crippen LogP contribution in [0.1, 0.15) is 37.5 Å². The topological polar surface area (TPSA) is 59.0 Å². The Balaban J connectivity index is 1.50. The summed E-state index contributed by atoms with van der Waals surface area (Å²) in [6.07, 6.45) is 0.657. The molecule has 3 aromatic heterocycles. The first-order valence-corrected chi connectivity index (χ1v) is 11.0. The van der Waals surface area contributed by atoms with E-state index < -0.39 is 5.97 Å². The number of nitrogens with zero attached hydrogens (tertiary/aromatic N) is 2. The molecule has 1 atom stereocenters. The molecule has 1 amide bonds. The summed E-state index contributed by atoms with van der Waals surface area (Å²) in [6, 6.07) is 9.64. The molecule has 0 radical (unpaired) electrons. The van der Waals surface area contributed by atoms with E-state index in [4.69, 9.17) is 4.74 Å². The highest BCUT2D eigenvalue weighted by atomic mass is 32.1. The molecule has 0 saturated heterocycles. The second-order valence-corrected chi connectivity index (χ2v) is 8.85. The Morgan fingerprint density at radius 1 is 1.15 bits per heavy atom. The van der Waals surface area contributed by atoms with E-state index in [1.165, 1.54) is 16.3 Å². The molecule has 5 nitrogen and oxygen atoms in total. The molecule has 8 heteroatoms. The van der Waals surface area contributed by atoms with Crippen molar-refractivity contribution >= 4 is 51.6 Å². The van der Waals surface area contributed by atoms with Gasteiger partial charge in [-0.05, 0) is 46.8 Å². The van der Waals surface area contributed by atoms with E-state index in [1.54, 1.807) is 22.7 Å². The van der Waals surface area contributed by atoms with Gasteiger partial charge in [0.1, 0.15) is 4.88 Å². The third-order valence-corrected chi connectivity index (χ3v) is 7.11. The molecule has 1 aliphatic rings. The van der Waals surface area contributed by atoms with Crippen molar-refractivity contribution in [1.82, 2.24) is 5.01 Å². The van der Waals surface area contributed by atoms with E-state index >= 15 is 0 Å². The molecule has 27 heavy (non-hydrogen) atoms. The number of hydrogen-bond donors (Lipinski definition) is 0. The van der Waals surface area contributed by atoms with E-state index in [0.717, 1.165) is 21.0 Å². The minimum absolute atomic E-state index is 0.156. The van der Waals surface area contributed by atoms with Gasteiger partial charge in [-0.3, -0.25) is 4.79 Å². The Bertz CT molecular complexity index is 974. The van der Waals surface area contributed by atoms with Crippen molar-refractivity contribution in [1.29, 1.82) is 0 Å². The van der Waals surface area contributed by atoms with E-state index in [2.05, 4.69) is 5.10 Å². The van der Waals surface area contributed by atoms with Gasteiger partial charge in [0.05, 0.1) is 16.6 Å². The summed E-state index contributed by atoms with van der Waals surface area (Å²) >= 11 is 4.51. The summed E-state index contributed by atoms with van der Waals surface area (Å²) in [7, 11) is 0. The lowest BCUT2D eigenvalue weighted by Crippen LogP contribution is -2.31. The third kappa shape index (κ3) is 3.73. The van der Waals surface area contributed by atoms with Crippen LogP contribution in [0.15, 0.2) is 51.6 Å². The Hall–Kier alpha value is -2.29. The largest absolute Gasteiger partial charge is 0.451 e. The molecule has 4 rings (SSSR count). The number of esters is 1. The molecular weight excluding hydrogens is 400 g/mol. The molecule has 0 aromatic carbocycles. The van der Waals surface area contributed by atoms with Gasteiger partial charge in [0.25, 0.3) is 5.91 Å². The average Bonchev–Trinajstić information content (AvgIpc) is 3.45. The van der Waals surface area contributed by atoms with Gasteiger partial charge in [0, 0.05) is 11.3 Å². The van der Waals surface area contributed by atoms with Crippen molar-refractivity contribution < 1.29 is 14.3 Å². The zero-order chi connectivity index (χ0) is 18.8. The fourth-order valence-corrected chi connectivity index (χ4v) is 5.23. The molecule has 0 fully saturated rings. The van der Waals surface area contributed by atoms with Crippen molar-refractivity contribution in [3.05, 3.63) is 66.7 Å². The molecule has 1 aliphatic heterocycles. The molecule has 0 aliphatic carbocycles. The molecule has 0 saturated carbocycles. The first-order chi connectivity index (χ1) is 13.1. The average molecular weight is 417 g/mol. The normalized spacial score (nSPS) is 16.4. The van der Waals surface area contributed by atoms with Gasteiger partial charge in [-0.25, -0.2) is 9.80 Å². The highest BCUT2D eigenvalue weighted by Gasteiger charge is 2.34. The van der Waals surface area contributed by atoms with Crippen molar-refractivity contribution in [2.45, 2.75) is 19.4 Å². The van der Waals surface area contributed by atoms with Crippen LogP contribution in [0, 0.1) is 6.92 Å². The standard InChI is InChI=1S/C19H16N2O3S3/c1-12-6-9-27-18(12)19(23)24-11-17(22)21-14(16-5-3-8-26-16)10-13(20-21)15-4-2-7-25-15/h2-9,14H,10-11H2,1H3. The van der Waals surface area contributed by atoms with E-state index in [1.807, 2.05) is 53.4 Å². The molecule has 4 heterocycles. The Kier molecular flexibility index (Phi) is 5.20. The molecule has 3 aromatic rings. The van der Waals surface area contributed by atoms with E-state index in [-0.39, 0.29) is 18.6 Å². The predicted octanol–water partition coefficient (Wildman–Crippen LogP) is 4.71. The van der Waals surface area contributed by atoms with Crippen molar-refractivity contribution in [3.63, 3.8) is 0 Å². The van der Waals surface area contributed by atoms with Gasteiger partial charge in [-0.2, -0.15) is 5.10 Å². The van der Waals surface area contributed by atoms with Gasteiger partial charge in [0.2, 0.25) is 0 Å². The number of hydrogen-bond acceptors (Lipinski definition) is 7. The second kappa shape index (κ2) is 7.75. The third-order valence-electron chi connectivity index (χ3n) is 4.22. The van der Waals surface area contributed by atoms with Crippen LogP contribution in [-0.2, 0) is 9.53 Å². The van der Waals surface area contributed by atoms with Crippen LogP contribution in [0.4, 0.5) is 0 Å². The van der Waals surface area contributed by atoms with E-state index in [9.17, 15) is 9.59 Å². The molecular formula is C19H16N2O3S3. The van der Waals surface area contributed by atoms with Gasteiger partial charge < -0.3 is 4.74 Å². The maximum atomic E-state index is 12.8. The molecule has 0 bridgehead atoms. The first kappa shape index (κ1) is 18.1. The number of carbonyl (C=O) groups excluding carboxylic acids is 2. The Labute approximate surface area is 168 Å². The maximum Gasteiger partial charge on any atom is 0.349 e. The SMILES string of the molecule is Cc1ccsc1C(=O)OCC(=O)N1N=C(c2cccs2)CC1c1cccs1. The summed E-state index contributed by atoms with van der Waals surface area (Å²) in [5.74, 6) is -0.785. The number of aryl methyl sites for hydroxylation is 1. The summed E-state index contributed by atoms with van der Waals surface area (Å²) in [5.41, 5.74) is 1.74. The van der Waals surface area contributed by atoms with Crippen LogP contribution < -0.4 is 0 Å². The molecule has 0 spiro atoms. The fraction of sp³-hybridized carbons (Fsp3) is 0.211. The van der Waals surface area contributed by atoms with Crippen LogP contribution in [0.5, 0.6) is 0 Å². The lowest BCUT2D eigenvalue weighted by Gasteiger charge is -2.20. The highest BCUT2D eigenvalue weighted by molar-refractivity contribution is 7.12. The lowest BCUT2D eigenvalue weighted by atomic mass is 10.1. The second-order valence-electron chi connectivity index (χ2n) is 6.01. The number of rotatable bonds is 5. The highest BCUT2D eigenvalue weighted by Crippen LogP contribution is 2.35. The lowest BCUT2D eigenvalue weighted by molar-refractivity contribution is -0.136. The number of amides is 1. The number of ether oxygens (including phenoxy) is 1. The van der Waals surface area contributed by atoms with Crippen molar-refractivity contribution in [2.24, 2.45) is 5.10 Å². The quantitative estimate of drug-likeness (QED) is 0.566. The number of thiophene rings is 3. The van der Waals surface area contributed by atoms with Gasteiger partial charge in [0.15, 0.2) is 6.61 Å². The van der Waals surface area contributed by atoms with Crippen molar-refractivity contribution in [2.75, 3.05) is 6.61 Å². The predicted molar refractivity (Wildman–Crippen MR) is 109 cm³/mol. The first-order valence-electron chi connectivity index (χ1n) is 8.31. The van der Waals surface area contributed by atoms with Crippen molar-refractivity contribution in [3.8, 4) is 0 Å². The van der Waals surface area contributed by atoms with Gasteiger partial charge in [-0.1, -0.05) is 12.1 Å². The minimum atomic E-state index is -0.467. The molecule has 138 valence electrons. The van der Waals surface area contributed by atoms with Crippen LogP contribution in [0.2, 0.25) is 0 Å². The summed E-state index contributed by atoms with van der Waals surface area (Å²) in [6.45, 7) is 1.53. The Morgan fingerprint density at radius 3 is 2.63 bits per heavy atom. The van der Waals surface area contributed by atoms with Gasteiger partial charge in [-0.15, -0.1) is 34.0 Å². The van der Waals surface area contributed by atoms with Crippen LogP contribution in [0.3, 0.4) is 0 Å².